The van der Waals surface area contributed by atoms with Crippen molar-refractivity contribution in [3.8, 4) is 10.6 Å². The lowest BCUT2D eigenvalue weighted by molar-refractivity contribution is -0.137. The number of carboxylic acids is 1. The molecule has 116 valence electrons. The summed E-state index contributed by atoms with van der Waals surface area (Å²) >= 11 is 1.58. The second-order valence-electron chi connectivity index (χ2n) is 4.98. The molecular weight excluding hydrogens is 300 g/mol. The van der Waals surface area contributed by atoms with Crippen molar-refractivity contribution >= 4 is 23.2 Å². The summed E-state index contributed by atoms with van der Waals surface area (Å²) in [4.78, 5) is 26.6. The standard InChI is InChI=1S/C16H18N2O3S/c1-11-10-22-16(18-11)13-6-3-2-5-12(13)9-17-14(19)7-4-8-15(20)21/h2-3,5-6,10H,4,7-9H2,1H3,(H,17,19)(H,20,21). The molecule has 1 amide bonds. The first-order valence-corrected chi connectivity index (χ1v) is 7.93. The fourth-order valence-electron chi connectivity index (χ4n) is 2.04. The average molecular weight is 318 g/mol. The number of benzene rings is 1. The van der Waals surface area contributed by atoms with Crippen LogP contribution in [0.15, 0.2) is 29.6 Å². The normalized spacial score (nSPS) is 10.4. The molecule has 0 saturated heterocycles. The molecule has 0 radical (unpaired) electrons. The molecule has 22 heavy (non-hydrogen) atoms. The van der Waals surface area contributed by atoms with E-state index in [9.17, 15) is 9.59 Å². The summed E-state index contributed by atoms with van der Waals surface area (Å²) in [5.41, 5.74) is 3.00. The van der Waals surface area contributed by atoms with Gasteiger partial charge in [-0.05, 0) is 18.9 Å². The quantitative estimate of drug-likeness (QED) is 0.822. The van der Waals surface area contributed by atoms with Crippen molar-refractivity contribution in [1.29, 1.82) is 0 Å². The van der Waals surface area contributed by atoms with Gasteiger partial charge in [0.05, 0.1) is 0 Å². The van der Waals surface area contributed by atoms with Crippen LogP contribution in [-0.4, -0.2) is 22.0 Å². The van der Waals surface area contributed by atoms with Crippen LogP contribution >= 0.6 is 11.3 Å². The molecule has 1 aromatic carbocycles. The number of aliphatic carboxylic acids is 1. The fourth-order valence-corrected chi connectivity index (χ4v) is 2.90. The predicted molar refractivity (Wildman–Crippen MR) is 85.6 cm³/mol. The number of carboxylic acid groups (broad SMARTS) is 1. The van der Waals surface area contributed by atoms with Crippen molar-refractivity contribution in [3.05, 3.63) is 40.9 Å². The lowest BCUT2D eigenvalue weighted by Gasteiger charge is -2.09. The number of rotatable bonds is 7. The zero-order valence-electron chi connectivity index (χ0n) is 12.3. The molecule has 2 rings (SSSR count). The molecule has 0 bridgehead atoms. The van der Waals surface area contributed by atoms with Crippen molar-refractivity contribution in [2.45, 2.75) is 32.7 Å². The van der Waals surface area contributed by atoms with E-state index in [1.165, 1.54) is 0 Å². The van der Waals surface area contributed by atoms with Crippen molar-refractivity contribution < 1.29 is 14.7 Å². The number of nitrogens with zero attached hydrogens (tertiary/aromatic N) is 1. The van der Waals surface area contributed by atoms with E-state index < -0.39 is 5.97 Å². The van der Waals surface area contributed by atoms with Crippen molar-refractivity contribution in [3.63, 3.8) is 0 Å². The summed E-state index contributed by atoms with van der Waals surface area (Å²) in [7, 11) is 0. The van der Waals surface area contributed by atoms with Crippen LogP contribution in [0.25, 0.3) is 10.6 Å². The van der Waals surface area contributed by atoms with Crippen molar-refractivity contribution in [2.75, 3.05) is 0 Å². The summed E-state index contributed by atoms with van der Waals surface area (Å²) in [6, 6.07) is 7.83. The minimum Gasteiger partial charge on any atom is -0.481 e. The van der Waals surface area contributed by atoms with Gasteiger partial charge >= 0.3 is 5.97 Å². The number of aryl methyl sites for hydroxylation is 1. The van der Waals surface area contributed by atoms with Crippen LogP contribution in [0.4, 0.5) is 0 Å². The first-order valence-electron chi connectivity index (χ1n) is 7.05. The second kappa shape index (κ2) is 7.70. The molecule has 0 spiro atoms. The number of thiazole rings is 1. The van der Waals surface area contributed by atoms with Crippen molar-refractivity contribution in [2.24, 2.45) is 0 Å². The van der Waals surface area contributed by atoms with Gasteiger partial charge in [-0.3, -0.25) is 9.59 Å². The largest absolute Gasteiger partial charge is 0.481 e. The molecular formula is C16H18N2O3S. The number of carbonyl (C=O) groups excluding carboxylic acids is 1. The Morgan fingerprint density at radius 2 is 2.05 bits per heavy atom. The third kappa shape index (κ3) is 4.66. The minimum absolute atomic E-state index is 0.0163. The van der Waals surface area contributed by atoms with E-state index in [-0.39, 0.29) is 18.7 Å². The fraction of sp³-hybridized carbons (Fsp3) is 0.312. The van der Waals surface area contributed by atoms with E-state index in [1.54, 1.807) is 11.3 Å². The topological polar surface area (TPSA) is 79.3 Å². The van der Waals surface area contributed by atoms with Gasteiger partial charge in [0.25, 0.3) is 0 Å². The Morgan fingerprint density at radius 3 is 2.73 bits per heavy atom. The Labute approximate surface area is 133 Å². The lowest BCUT2D eigenvalue weighted by atomic mass is 10.1. The predicted octanol–water partition coefficient (Wildman–Crippen LogP) is 2.99. The molecule has 1 heterocycles. The van der Waals surface area contributed by atoms with Gasteiger partial charge in [-0.1, -0.05) is 24.3 Å². The van der Waals surface area contributed by atoms with E-state index in [0.717, 1.165) is 21.8 Å². The number of carbonyl (C=O) groups is 2. The van der Waals surface area contributed by atoms with Gasteiger partial charge in [-0.15, -0.1) is 11.3 Å². The van der Waals surface area contributed by atoms with E-state index in [0.29, 0.717) is 13.0 Å². The monoisotopic (exact) mass is 318 g/mol. The maximum Gasteiger partial charge on any atom is 0.303 e. The van der Waals surface area contributed by atoms with Crippen LogP contribution < -0.4 is 5.32 Å². The molecule has 0 saturated carbocycles. The molecule has 5 nitrogen and oxygen atoms in total. The number of hydrogen-bond acceptors (Lipinski definition) is 4. The van der Waals surface area contributed by atoms with Crippen LogP contribution in [0.3, 0.4) is 0 Å². The average Bonchev–Trinajstić information content (AvgIpc) is 2.91. The van der Waals surface area contributed by atoms with Crippen molar-refractivity contribution in [1.82, 2.24) is 10.3 Å². The Morgan fingerprint density at radius 1 is 1.27 bits per heavy atom. The SMILES string of the molecule is Cc1csc(-c2ccccc2CNC(=O)CCCC(=O)O)n1. The number of hydrogen-bond donors (Lipinski definition) is 2. The van der Waals surface area contributed by atoms with E-state index in [1.807, 2.05) is 36.6 Å². The lowest BCUT2D eigenvalue weighted by Crippen LogP contribution is -2.22. The zero-order chi connectivity index (χ0) is 15.9. The second-order valence-corrected chi connectivity index (χ2v) is 5.83. The summed E-state index contributed by atoms with van der Waals surface area (Å²) < 4.78 is 0. The highest BCUT2D eigenvalue weighted by molar-refractivity contribution is 7.13. The number of nitrogens with one attached hydrogen (secondary N) is 1. The van der Waals surface area contributed by atoms with E-state index in [2.05, 4.69) is 10.3 Å². The molecule has 2 N–H and O–H groups in total. The molecule has 2 aromatic rings. The summed E-state index contributed by atoms with van der Waals surface area (Å²) in [6.45, 7) is 2.37. The molecule has 0 aliphatic rings. The van der Waals surface area contributed by atoms with Gasteiger partial charge in [0.15, 0.2) is 0 Å². The number of amides is 1. The third-order valence-corrected chi connectivity index (χ3v) is 4.13. The molecule has 0 fully saturated rings. The summed E-state index contributed by atoms with van der Waals surface area (Å²) in [5.74, 6) is -1.01. The molecule has 0 aliphatic heterocycles. The molecule has 0 aliphatic carbocycles. The first-order chi connectivity index (χ1) is 10.6. The Bertz CT molecular complexity index is 667. The van der Waals surface area contributed by atoms with Gasteiger partial charge in [-0.2, -0.15) is 0 Å². The van der Waals surface area contributed by atoms with Crippen LogP contribution in [0.2, 0.25) is 0 Å². The zero-order valence-corrected chi connectivity index (χ0v) is 13.2. The molecule has 6 heteroatoms. The molecule has 1 aromatic heterocycles. The van der Waals surface area contributed by atoms with Gasteiger partial charge in [0, 0.05) is 36.0 Å². The maximum absolute atomic E-state index is 11.7. The maximum atomic E-state index is 11.7. The molecule has 0 atom stereocenters. The number of aromatic nitrogens is 1. The highest BCUT2D eigenvalue weighted by Gasteiger charge is 2.09. The highest BCUT2D eigenvalue weighted by atomic mass is 32.1. The Kier molecular flexibility index (Phi) is 5.66. The van der Waals surface area contributed by atoms with Crippen LogP contribution in [0, 0.1) is 6.92 Å². The third-order valence-electron chi connectivity index (χ3n) is 3.14. The van der Waals surface area contributed by atoms with E-state index >= 15 is 0 Å². The summed E-state index contributed by atoms with van der Waals surface area (Å²) in [6.07, 6.45) is 0.599. The minimum atomic E-state index is -0.878. The Hall–Kier alpha value is -2.21. The van der Waals surface area contributed by atoms with Crippen LogP contribution in [-0.2, 0) is 16.1 Å². The van der Waals surface area contributed by atoms with Crippen LogP contribution in [0.5, 0.6) is 0 Å². The Balaban J connectivity index is 1.96. The van der Waals surface area contributed by atoms with Gasteiger partial charge in [0.1, 0.15) is 5.01 Å². The van der Waals surface area contributed by atoms with Gasteiger partial charge < -0.3 is 10.4 Å². The van der Waals surface area contributed by atoms with Crippen LogP contribution in [0.1, 0.15) is 30.5 Å². The smallest absolute Gasteiger partial charge is 0.303 e. The molecule has 0 unspecified atom stereocenters. The summed E-state index contributed by atoms with van der Waals surface area (Å²) in [5, 5.41) is 14.3. The highest BCUT2D eigenvalue weighted by Crippen LogP contribution is 2.26. The van der Waals surface area contributed by atoms with E-state index in [4.69, 9.17) is 5.11 Å². The van der Waals surface area contributed by atoms with Gasteiger partial charge in [-0.25, -0.2) is 4.98 Å². The first kappa shape index (κ1) is 16.2. The van der Waals surface area contributed by atoms with Gasteiger partial charge in [0.2, 0.25) is 5.91 Å².